The van der Waals surface area contributed by atoms with E-state index in [-0.39, 0.29) is 0 Å². The number of carbonyl (C=O) groups is 1. The SMILES string of the molecule is N[C@H](C(=O)O)c1ccc(Cl)cn1. The van der Waals surface area contributed by atoms with Gasteiger partial charge in [0, 0.05) is 6.20 Å². The van der Waals surface area contributed by atoms with Crippen LogP contribution >= 0.6 is 11.6 Å². The molecule has 0 amide bonds. The van der Waals surface area contributed by atoms with E-state index in [2.05, 4.69) is 4.98 Å². The third kappa shape index (κ3) is 1.93. The van der Waals surface area contributed by atoms with Crippen molar-refractivity contribution < 1.29 is 9.90 Å². The number of pyridine rings is 1. The zero-order valence-corrected chi connectivity index (χ0v) is 6.82. The maximum absolute atomic E-state index is 10.4. The van der Waals surface area contributed by atoms with Gasteiger partial charge in [0.15, 0.2) is 0 Å². The third-order valence-corrected chi connectivity index (χ3v) is 1.56. The lowest BCUT2D eigenvalue weighted by Crippen LogP contribution is -2.21. The Labute approximate surface area is 74.0 Å². The molecule has 4 nitrogen and oxygen atoms in total. The van der Waals surface area contributed by atoms with Crippen LogP contribution in [-0.4, -0.2) is 16.1 Å². The van der Waals surface area contributed by atoms with Crippen LogP contribution in [0.1, 0.15) is 11.7 Å². The molecule has 0 aromatic carbocycles. The highest BCUT2D eigenvalue weighted by atomic mass is 35.5. The predicted molar refractivity (Wildman–Crippen MR) is 43.8 cm³/mol. The van der Waals surface area contributed by atoms with Crippen LogP contribution < -0.4 is 5.73 Å². The summed E-state index contributed by atoms with van der Waals surface area (Å²) in [6, 6.07) is 1.95. The number of carboxylic acid groups (broad SMARTS) is 1. The van der Waals surface area contributed by atoms with E-state index in [1.165, 1.54) is 12.3 Å². The van der Waals surface area contributed by atoms with E-state index in [4.69, 9.17) is 22.4 Å². The molecule has 0 aliphatic rings. The lowest BCUT2D eigenvalue weighted by atomic mass is 10.2. The van der Waals surface area contributed by atoms with E-state index in [0.29, 0.717) is 10.7 Å². The highest BCUT2D eigenvalue weighted by Crippen LogP contribution is 2.10. The van der Waals surface area contributed by atoms with Gasteiger partial charge in [-0.15, -0.1) is 0 Å². The fourth-order valence-corrected chi connectivity index (χ4v) is 0.810. The zero-order chi connectivity index (χ0) is 9.14. The van der Waals surface area contributed by atoms with Crippen LogP contribution in [0.25, 0.3) is 0 Å². The molecule has 1 aromatic heterocycles. The van der Waals surface area contributed by atoms with Crippen LogP contribution in [0.4, 0.5) is 0 Å². The van der Waals surface area contributed by atoms with Gasteiger partial charge in [0.2, 0.25) is 0 Å². The molecule has 0 spiro atoms. The molecule has 3 N–H and O–H groups in total. The standard InChI is InChI=1S/C7H7ClN2O2/c8-4-1-2-5(10-3-4)6(9)7(11)12/h1-3,6H,9H2,(H,11,12)/t6-/m0/s1. The Kier molecular flexibility index (Phi) is 2.62. The summed E-state index contributed by atoms with van der Waals surface area (Å²) in [5.74, 6) is -1.11. The number of carboxylic acids is 1. The van der Waals surface area contributed by atoms with Gasteiger partial charge < -0.3 is 10.8 Å². The van der Waals surface area contributed by atoms with Crippen LogP contribution in [-0.2, 0) is 4.79 Å². The third-order valence-electron chi connectivity index (χ3n) is 1.33. The Hall–Kier alpha value is -1.13. The number of rotatable bonds is 2. The van der Waals surface area contributed by atoms with E-state index in [1.807, 2.05) is 0 Å². The second-order valence-electron chi connectivity index (χ2n) is 2.22. The molecule has 0 saturated carbocycles. The van der Waals surface area contributed by atoms with Crippen molar-refractivity contribution in [3.8, 4) is 0 Å². The number of nitrogens with two attached hydrogens (primary N) is 1. The van der Waals surface area contributed by atoms with Crippen molar-refractivity contribution in [3.63, 3.8) is 0 Å². The lowest BCUT2D eigenvalue weighted by molar-refractivity contribution is -0.138. The van der Waals surface area contributed by atoms with Gasteiger partial charge in [-0.25, -0.2) is 0 Å². The van der Waals surface area contributed by atoms with Gasteiger partial charge in [-0.1, -0.05) is 11.6 Å². The molecule has 0 unspecified atom stereocenters. The Balaban J connectivity index is 2.89. The molecule has 5 heteroatoms. The fraction of sp³-hybridized carbons (Fsp3) is 0.143. The average Bonchev–Trinajstić information content (AvgIpc) is 2.04. The Morgan fingerprint density at radius 1 is 1.67 bits per heavy atom. The number of hydrogen-bond acceptors (Lipinski definition) is 3. The summed E-state index contributed by atoms with van der Waals surface area (Å²) < 4.78 is 0. The minimum Gasteiger partial charge on any atom is -0.480 e. The minimum atomic E-state index is -1.11. The summed E-state index contributed by atoms with van der Waals surface area (Å²) in [5, 5.41) is 8.96. The molecular formula is C7H7ClN2O2. The highest BCUT2D eigenvalue weighted by molar-refractivity contribution is 6.30. The van der Waals surface area contributed by atoms with Crippen molar-refractivity contribution in [1.82, 2.24) is 4.98 Å². The first-order chi connectivity index (χ1) is 5.61. The van der Waals surface area contributed by atoms with E-state index < -0.39 is 12.0 Å². The van der Waals surface area contributed by atoms with Gasteiger partial charge in [-0.2, -0.15) is 0 Å². The molecule has 1 aromatic rings. The van der Waals surface area contributed by atoms with Crippen LogP contribution in [0.15, 0.2) is 18.3 Å². The zero-order valence-electron chi connectivity index (χ0n) is 6.07. The topological polar surface area (TPSA) is 76.2 Å². The van der Waals surface area contributed by atoms with Crippen molar-refractivity contribution in [3.05, 3.63) is 29.0 Å². The molecule has 1 atom stereocenters. The maximum atomic E-state index is 10.4. The van der Waals surface area contributed by atoms with Gasteiger partial charge in [-0.05, 0) is 12.1 Å². The van der Waals surface area contributed by atoms with E-state index >= 15 is 0 Å². The molecule has 0 aliphatic carbocycles. The summed E-state index contributed by atoms with van der Waals surface area (Å²) in [7, 11) is 0. The largest absolute Gasteiger partial charge is 0.480 e. The van der Waals surface area contributed by atoms with Crippen LogP contribution in [0.5, 0.6) is 0 Å². The number of halogens is 1. The first-order valence-corrected chi connectivity index (χ1v) is 3.59. The molecule has 0 aliphatic heterocycles. The van der Waals surface area contributed by atoms with Gasteiger partial charge in [0.1, 0.15) is 6.04 Å². The number of aromatic nitrogens is 1. The van der Waals surface area contributed by atoms with Crippen molar-refractivity contribution in [2.24, 2.45) is 5.73 Å². The maximum Gasteiger partial charge on any atom is 0.326 e. The smallest absolute Gasteiger partial charge is 0.326 e. The van der Waals surface area contributed by atoms with Crippen LogP contribution in [0, 0.1) is 0 Å². The van der Waals surface area contributed by atoms with Crippen molar-refractivity contribution in [2.45, 2.75) is 6.04 Å². The average molecular weight is 187 g/mol. The second-order valence-corrected chi connectivity index (χ2v) is 2.65. The van der Waals surface area contributed by atoms with Crippen molar-refractivity contribution >= 4 is 17.6 Å². The minimum absolute atomic E-state index is 0.298. The van der Waals surface area contributed by atoms with Crippen molar-refractivity contribution in [1.29, 1.82) is 0 Å². The molecule has 0 fully saturated rings. The first kappa shape index (κ1) is 8.96. The summed E-state index contributed by atoms with van der Waals surface area (Å²) in [6.45, 7) is 0. The predicted octanol–water partition coefficient (Wildman–Crippen LogP) is 0.819. The van der Waals surface area contributed by atoms with Gasteiger partial charge in [-0.3, -0.25) is 9.78 Å². The molecule has 0 radical (unpaired) electrons. The number of aliphatic carboxylic acids is 1. The van der Waals surface area contributed by atoms with Gasteiger partial charge in [0.25, 0.3) is 0 Å². The molecule has 64 valence electrons. The van der Waals surface area contributed by atoms with Gasteiger partial charge >= 0.3 is 5.97 Å². The first-order valence-electron chi connectivity index (χ1n) is 3.21. The Morgan fingerprint density at radius 2 is 2.33 bits per heavy atom. The fourth-order valence-electron chi connectivity index (χ4n) is 0.698. The van der Waals surface area contributed by atoms with Crippen molar-refractivity contribution in [2.75, 3.05) is 0 Å². The number of nitrogens with zero attached hydrogens (tertiary/aromatic N) is 1. The van der Waals surface area contributed by atoms with E-state index in [9.17, 15) is 4.79 Å². The van der Waals surface area contributed by atoms with Crippen LogP contribution in [0.3, 0.4) is 0 Å². The lowest BCUT2D eigenvalue weighted by Gasteiger charge is -2.04. The summed E-state index contributed by atoms with van der Waals surface area (Å²) in [6.07, 6.45) is 1.36. The Bertz CT molecular complexity index is 286. The summed E-state index contributed by atoms with van der Waals surface area (Å²) in [5.41, 5.74) is 5.58. The quantitative estimate of drug-likeness (QED) is 0.717. The van der Waals surface area contributed by atoms with E-state index in [1.54, 1.807) is 6.07 Å². The summed E-state index contributed by atoms with van der Waals surface area (Å²) in [4.78, 5) is 14.1. The molecule has 1 rings (SSSR count). The molecule has 0 saturated heterocycles. The highest BCUT2D eigenvalue weighted by Gasteiger charge is 2.14. The van der Waals surface area contributed by atoms with E-state index in [0.717, 1.165) is 0 Å². The molecular weight excluding hydrogens is 180 g/mol. The monoisotopic (exact) mass is 186 g/mol. The Morgan fingerprint density at radius 3 is 2.75 bits per heavy atom. The number of hydrogen-bond donors (Lipinski definition) is 2. The summed E-state index contributed by atoms with van der Waals surface area (Å²) >= 11 is 5.55. The second kappa shape index (κ2) is 3.51. The molecule has 12 heavy (non-hydrogen) atoms. The van der Waals surface area contributed by atoms with Crippen LogP contribution in [0.2, 0.25) is 5.02 Å². The van der Waals surface area contributed by atoms with Gasteiger partial charge in [0.05, 0.1) is 10.7 Å². The normalized spacial score (nSPS) is 12.5. The molecule has 0 bridgehead atoms. The molecule has 1 heterocycles.